The molecule has 45 heavy (non-hydrogen) atoms. The highest BCUT2D eigenvalue weighted by Crippen LogP contribution is 2.58. The topological polar surface area (TPSA) is 294 Å². The van der Waals surface area contributed by atoms with Gasteiger partial charge in [-0.25, -0.2) is 24.1 Å². The van der Waals surface area contributed by atoms with E-state index in [1.165, 1.54) is 28.1 Å². The molecule has 3 saturated heterocycles. The number of imidazole rings is 2. The maximum absolute atomic E-state index is 13.4. The number of nitrogen functional groups attached to an aromatic ring is 2. The van der Waals surface area contributed by atoms with Gasteiger partial charge in [-0.15, -0.1) is 0 Å². The maximum Gasteiger partial charge on any atom is 0.386 e. The van der Waals surface area contributed by atoms with Gasteiger partial charge in [-0.05, 0) is 11.8 Å². The molecule has 0 aromatic carbocycles. The fourth-order valence-electron chi connectivity index (χ4n) is 5.35. The highest BCUT2D eigenvalue weighted by molar-refractivity contribution is 8.44. The van der Waals surface area contributed by atoms with Crippen molar-refractivity contribution < 1.29 is 51.8 Å². The lowest BCUT2D eigenvalue weighted by Gasteiger charge is -2.26. The van der Waals surface area contributed by atoms with E-state index in [0.717, 1.165) is 0 Å². The average Bonchev–Trinajstić information content (AvgIpc) is 3.72. The molecule has 4 aromatic heterocycles. The standard InChI is InChI=1S/C20H24N10O11P2S2/c21-14-8-15(24-3-23-14)29(4-25-8)18-11(32)12-7(39-18)2-37-43(35,45)41-13-10(31)6(1-36-42(34,44)40-12)38-19(13)30-5-26-9-16(30)27-20(22)28-17(9)33/h3-7,10-13,18-19,31-32H,1-2H2,(H7,21,22,23,24,27,28,33,34,35,44,45)/p+1. The number of fused-ring (bicyclic) bond motifs is 5. The number of nitrogens with zero attached hydrogens (tertiary/aromatic N) is 6. The van der Waals surface area contributed by atoms with E-state index in [2.05, 4.69) is 42.2 Å². The van der Waals surface area contributed by atoms with Gasteiger partial charge in [0.25, 0.3) is 11.5 Å². The lowest BCUT2D eigenvalue weighted by atomic mass is 10.1. The number of thiol groups is 1. The highest BCUT2D eigenvalue weighted by atomic mass is 32.7. The van der Waals surface area contributed by atoms with Gasteiger partial charge in [0.1, 0.15) is 42.4 Å². The molecule has 7 rings (SSSR count). The Hall–Kier alpha value is -2.63. The predicted molar refractivity (Wildman–Crippen MR) is 156 cm³/mol. The third-order valence-electron chi connectivity index (χ3n) is 7.38. The number of H-pyrrole nitrogens is 2. The first-order valence-corrected chi connectivity index (χ1v) is 18.3. The summed E-state index contributed by atoms with van der Waals surface area (Å²) in [5, 5.41) is 22.4. The third kappa shape index (κ3) is 5.56. The van der Waals surface area contributed by atoms with Crippen LogP contribution in [0.4, 0.5) is 11.8 Å². The number of rotatable bonds is 2. The molecular formula is C20H25N10O11P2S2+. The SMILES string of the molecule is Nc1nc2c([nH]c[n+]2C2OC3COP(=O)(S)OC4C(COP(O)(=S)OC2C3O)OC(n2cnc3c(N)ncnc32)C4O)c(=O)[nH]1. The molecule has 3 aliphatic heterocycles. The number of ether oxygens (including phenoxy) is 2. The molecular weight excluding hydrogens is 682 g/mol. The number of aliphatic hydroxyl groups excluding tert-OH is 2. The average molecular weight is 708 g/mol. The number of hydrogen-bond donors (Lipinski definition) is 8. The fraction of sp³-hybridized carbons (Fsp3) is 0.500. The van der Waals surface area contributed by atoms with Gasteiger partial charge in [0.2, 0.25) is 11.7 Å². The molecule has 10 atom stereocenters. The molecule has 9 N–H and O–H groups in total. The van der Waals surface area contributed by atoms with E-state index >= 15 is 0 Å². The number of nitrogens with two attached hydrogens (primary N) is 2. The van der Waals surface area contributed by atoms with Gasteiger partial charge in [-0.2, -0.15) is 0 Å². The Bertz CT molecular complexity index is 1940. The zero-order valence-electron chi connectivity index (χ0n) is 22.5. The predicted octanol–water partition coefficient (Wildman–Crippen LogP) is -1.87. The van der Waals surface area contributed by atoms with Gasteiger partial charge in [0.15, 0.2) is 30.1 Å². The second-order valence-corrected chi connectivity index (χ2v) is 15.9. The first kappa shape index (κ1) is 31.0. The van der Waals surface area contributed by atoms with E-state index in [0.29, 0.717) is 0 Å². The molecule has 7 heterocycles. The van der Waals surface area contributed by atoms with Gasteiger partial charge >= 0.3 is 19.2 Å². The molecule has 4 aromatic rings. The number of nitrogens with one attached hydrogen (secondary N) is 2. The minimum absolute atomic E-state index is 0.0282. The van der Waals surface area contributed by atoms with Crippen molar-refractivity contribution in [1.82, 2.24) is 34.5 Å². The van der Waals surface area contributed by atoms with Gasteiger partial charge < -0.3 is 40.6 Å². The zero-order chi connectivity index (χ0) is 31.8. The van der Waals surface area contributed by atoms with E-state index < -0.39 is 81.4 Å². The van der Waals surface area contributed by atoms with E-state index in [9.17, 15) is 24.5 Å². The van der Waals surface area contributed by atoms with Crippen LogP contribution in [0.3, 0.4) is 0 Å². The molecule has 0 amide bonds. The van der Waals surface area contributed by atoms with Gasteiger partial charge in [-0.1, -0.05) is 17.2 Å². The summed E-state index contributed by atoms with van der Waals surface area (Å²) >= 11 is 9.32. The summed E-state index contributed by atoms with van der Waals surface area (Å²) in [6.07, 6.45) is -7.04. The smallest absolute Gasteiger partial charge is 0.386 e. The van der Waals surface area contributed by atoms with Crippen molar-refractivity contribution in [2.45, 2.75) is 49.1 Å². The molecule has 3 aliphatic rings. The minimum atomic E-state index is -4.31. The number of hydrogen-bond acceptors (Lipinski definition) is 17. The van der Waals surface area contributed by atoms with Crippen LogP contribution in [0.2, 0.25) is 0 Å². The quantitative estimate of drug-likeness (QED) is 0.0643. The number of aliphatic hydroxyl groups is 2. The van der Waals surface area contributed by atoms with Gasteiger partial charge in [-0.3, -0.25) is 32.9 Å². The molecule has 242 valence electrons. The highest BCUT2D eigenvalue weighted by Gasteiger charge is 2.54. The summed E-state index contributed by atoms with van der Waals surface area (Å²) in [6, 6.07) is 0. The van der Waals surface area contributed by atoms with Crippen molar-refractivity contribution in [2.24, 2.45) is 0 Å². The van der Waals surface area contributed by atoms with Crippen LogP contribution in [0.1, 0.15) is 12.5 Å². The van der Waals surface area contributed by atoms with E-state index in [1.54, 1.807) is 0 Å². The Morgan fingerprint density at radius 2 is 1.87 bits per heavy atom. The van der Waals surface area contributed by atoms with Crippen LogP contribution in [0.25, 0.3) is 22.3 Å². The van der Waals surface area contributed by atoms with Crippen molar-refractivity contribution >= 4 is 71.7 Å². The third-order valence-corrected chi connectivity index (χ3v) is 10.6. The molecule has 3 fully saturated rings. The van der Waals surface area contributed by atoms with Crippen LogP contribution in [0, 0.1) is 0 Å². The van der Waals surface area contributed by atoms with Gasteiger partial charge in [0.05, 0.1) is 19.5 Å². The fourth-order valence-corrected chi connectivity index (χ4v) is 8.26. The second-order valence-electron chi connectivity index (χ2n) is 10.2. The van der Waals surface area contributed by atoms with Crippen molar-refractivity contribution in [1.29, 1.82) is 0 Å². The second kappa shape index (κ2) is 11.3. The molecule has 0 spiro atoms. The Morgan fingerprint density at radius 1 is 1.09 bits per heavy atom. The Balaban J connectivity index is 1.21. The Labute approximate surface area is 260 Å². The lowest BCUT2D eigenvalue weighted by molar-refractivity contribution is -0.744. The minimum Gasteiger partial charge on any atom is -0.387 e. The van der Waals surface area contributed by atoms with Crippen molar-refractivity contribution in [3.8, 4) is 0 Å². The molecule has 0 radical (unpaired) electrons. The number of anilines is 2. The monoisotopic (exact) mass is 707 g/mol. The summed E-state index contributed by atoms with van der Waals surface area (Å²) < 4.78 is 50.5. The first-order chi connectivity index (χ1) is 21.3. The summed E-state index contributed by atoms with van der Waals surface area (Å²) in [5.41, 5.74) is 11.5. The van der Waals surface area contributed by atoms with Crippen LogP contribution in [0.15, 0.2) is 23.8 Å². The van der Waals surface area contributed by atoms with Crippen molar-refractivity contribution in [3.63, 3.8) is 0 Å². The van der Waals surface area contributed by atoms with Gasteiger partial charge in [0, 0.05) is 0 Å². The van der Waals surface area contributed by atoms with Crippen LogP contribution in [-0.2, 0) is 43.9 Å². The summed E-state index contributed by atoms with van der Waals surface area (Å²) in [5.74, 6) is -0.108. The Morgan fingerprint density at radius 3 is 2.67 bits per heavy atom. The molecule has 2 bridgehead atoms. The van der Waals surface area contributed by atoms with Crippen LogP contribution >= 0.6 is 25.8 Å². The van der Waals surface area contributed by atoms with Crippen LogP contribution < -0.4 is 21.6 Å². The maximum atomic E-state index is 13.4. The molecule has 0 aliphatic carbocycles. The molecule has 10 unspecified atom stereocenters. The summed E-state index contributed by atoms with van der Waals surface area (Å²) in [6.45, 7) is -9.65. The van der Waals surface area contributed by atoms with Crippen LogP contribution in [0.5, 0.6) is 0 Å². The van der Waals surface area contributed by atoms with E-state index in [4.69, 9.17) is 50.8 Å². The zero-order valence-corrected chi connectivity index (χ0v) is 26.0. The van der Waals surface area contributed by atoms with E-state index in [1.807, 2.05) is 0 Å². The first-order valence-electron chi connectivity index (χ1n) is 13.0. The molecule has 25 heteroatoms. The summed E-state index contributed by atoms with van der Waals surface area (Å²) in [7, 11) is 0. The lowest BCUT2D eigenvalue weighted by Crippen LogP contribution is -2.47. The molecule has 21 nitrogen and oxygen atoms in total. The van der Waals surface area contributed by atoms with Crippen molar-refractivity contribution in [3.05, 3.63) is 29.3 Å². The number of aromatic amines is 2. The largest absolute Gasteiger partial charge is 0.387 e. The van der Waals surface area contributed by atoms with Crippen molar-refractivity contribution in [2.75, 3.05) is 24.7 Å². The number of aromatic nitrogens is 8. The van der Waals surface area contributed by atoms with E-state index in [-0.39, 0.29) is 34.1 Å². The Kier molecular flexibility index (Phi) is 7.76. The summed E-state index contributed by atoms with van der Waals surface area (Å²) in [4.78, 5) is 44.9. The van der Waals surface area contributed by atoms with Crippen LogP contribution in [-0.4, -0.2) is 99.4 Å². The normalized spacial score (nSPS) is 37.7. The molecule has 0 saturated carbocycles.